The molecule has 1 saturated carbocycles. The minimum atomic E-state index is -0.0509. The maximum absolute atomic E-state index is 10.9. The third kappa shape index (κ3) is 0.517. The summed E-state index contributed by atoms with van der Waals surface area (Å²) < 4.78 is 0. The van der Waals surface area contributed by atoms with E-state index in [-0.39, 0.29) is 5.54 Å². The Kier molecular flexibility index (Phi) is 0.826. The van der Waals surface area contributed by atoms with Gasteiger partial charge < -0.3 is 5.32 Å². The first-order valence-electron chi connectivity index (χ1n) is 3.52. The summed E-state index contributed by atoms with van der Waals surface area (Å²) in [6.45, 7) is 1.69. The van der Waals surface area contributed by atoms with Gasteiger partial charge in [0, 0.05) is 6.04 Å². The molecule has 2 atom stereocenters. The van der Waals surface area contributed by atoms with Crippen LogP contribution in [0.25, 0.3) is 0 Å². The topological polar surface area (TPSA) is 29.1 Å². The lowest BCUT2D eigenvalue weighted by atomic mass is 9.87. The quantitative estimate of drug-likeness (QED) is 0.552. The van der Waals surface area contributed by atoms with Gasteiger partial charge in [-0.15, -0.1) is 0 Å². The molecule has 1 unspecified atom stereocenters. The molecule has 1 aliphatic carbocycles. The summed E-state index contributed by atoms with van der Waals surface area (Å²) in [4.78, 5) is 10.9. The van der Waals surface area contributed by atoms with Crippen LogP contribution in [-0.2, 0) is 4.79 Å². The predicted molar refractivity (Wildman–Crippen MR) is 34.2 cm³/mol. The van der Waals surface area contributed by atoms with E-state index >= 15 is 0 Å². The average Bonchev–Trinajstić information content (AvgIpc) is 2.13. The Hall–Kier alpha value is -0.370. The Balaban J connectivity index is 2.19. The van der Waals surface area contributed by atoms with Gasteiger partial charge in [0.2, 0.25) is 0 Å². The van der Waals surface area contributed by atoms with E-state index in [0.29, 0.717) is 11.8 Å². The second kappa shape index (κ2) is 1.37. The van der Waals surface area contributed by atoms with Gasteiger partial charge in [0.15, 0.2) is 0 Å². The second-order valence-electron chi connectivity index (χ2n) is 3.22. The third-order valence-electron chi connectivity index (χ3n) is 2.67. The molecule has 3 rings (SSSR count). The molecule has 3 aliphatic rings. The summed E-state index contributed by atoms with van der Waals surface area (Å²) in [6.07, 6.45) is 3.38. The Morgan fingerprint density at radius 2 is 2.44 bits per heavy atom. The Bertz CT molecular complexity index is 153. The van der Waals surface area contributed by atoms with Gasteiger partial charge in [-0.3, -0.25) is 4.79 Å². The van der Waals surface area contributed by atoms with Gasteiger partial charge in [0.1, 0.15) is 5.78 Å². The highest BCUT2D eigenvalue weighted by Crippen LogP contribution is 2.40. The van der Waals surface area contributed by atoms with Crippen molar-refractivity contribution in [2.24, 2.45) is 0 Å². The third-order valence-corrected chi connectivity index (χ3v) is 2.67. The maximum atomic E-state index is 10.9. The smallest absolute Gasteiger partial charge is 0.149 e. The van der Waals surface area contributed by atoms with Crippen LogP contribution in [0.4, 0.5) is 0 Å². The lowest BCUT2D eigenvalue weighted by Gasteiger charge is -2.37. The highest BCUT2D eigenvalue weighted by Gasteiger charge is 2.52. The fourth-order valence-corrected chi connectivity index (χ4v) is 1.98. The lowest BCUT2D eigenvalue weighted by molar-refractivity contribution is -0.125. The zero-order chi connectivity index (χ0) is 6.48. The molecule has 2 aliphatic heterocycles. The lowest BCUT2D eigenvalue weighted by Crippen LogP contribution is -2.60. The van der Waals surface area contributed by atoms with Crippen LogP contribution in [0, 0.1) is 0 Å². The number of carbonyl (C=O) groups is 1. The number of Topliss-reactive ketones (excluding diaryl/α,β-unsaturated/α-hetero) is 1. The normalized spacial score (nSPS) is 46.6. The van der Waals surface area contributed by atoms with Gasteiger partial charge in [0.05, 0.1) is 5.54 Å². The standard InChI is InChI=1S/C7H11NO/c1-5(9)7-3-2-6(4-7)8-7/h6,8H,2-4H2,1H3/t6?,7-/m0/s1. The van der Waals surface area contributed by atoms with Crippen LogP contribution in [0.1, 0.15) is 26.2 Å². The van der Waals surface area contributed by atoms with E-state index in [0.717, 1.165) is 12.8 Å². The van der Waals surface area contributed by atoms with Crippen molar-refractivity contribution in [2.45, 2.75) is 37.8 Å². The van der Waals surface area contributed by atoms with Gasteiger partial charge >= 0.3 is 0 Å². The summed E-state index contributed by atoms with van der Waals surface area (Å²) in [5, 5.41) is 3.28. The molecule has 50 valence electrons. The summed E-state index contributed by atoms with van der Waals surface area (Å²) >= 11 is 0. The van der Waals surface area contributed by atoms with Gasteiger partial charge in [-0.25, -0.2) is 0 Å². The second-order valence-corrected chi connectivity index (χ2v) is 3.22. The van der Waals surface area contributed by atoms with Crippen molar-refractivity contribution < 1.29 is 4.79 Å². The molecule has 2 saturated heterocycles. The fraction of sp³-hybridized carbons (Fsp3) is 0.857. The molecular formula is C7H11NO. The van der Waals surface area contributed by atoms with E-state index in [2.05, 4.69) is 5.32 Å². The Morgan fingerprint density at radius 3 is 2.67 bits per heavy atom. The number of hydrogen-bond acceptors (Lipinski definition) is 2. The average molecular weight is 125 g/mol. The van der Waals surface area contributed by atoms with Crippen LogP contribution >= 0.6 is 0 Å². The fourth-order valence-electron chi connectivity index (χ4n) is 1.98. The first-order chi connectivity index (χ1) is 4.23. The molecule has 9 heavy (non-hydrogen) atoms. The van der Waals surface area contributed by atoms with Crippen LogP contribution in [0.3, 0.4) is 0 Å². The molecule has 0 aromatic carbocycles. The van der Waals surface area contributed by atoms with Crippen LogP contribution in [0.5, 0.6) is 0 Å². The van der Waals surface area contributed by atoms with Crippen molar-refractivity contribution in [3.05, 3.63) is 0 Å². The molecule has 1 N–H and O–H groups in total. The largest absolute Gasteiger partial charge is 0.302 e. The number of ketones is 1. The molecule has 3 fully saturated rings. The van der Waals surface area contributed by atoms with E-state index in [1.165, 1.54) is 6.42 Å². The zero-order valence-electron chi connectivity index (χ0n) is 5.61. The number of hydrogen-bond donors (Lipinski definition) is 1. The van der Waals surface area contributed by atoms with E-state index < -0.39 is 0 Å². The molecule has 0 radical (unpaired) electrons. The number of carbonyl (C=O) groups excluding carboxylic acids is 1. The SMILES string of the molecule is CC(=O)[C@]12CCC(C1)N2. The number of fused-ring (bicyclic) bond motifs is 1. The Morgan fingerprint density at radius 1 is 1.78 bits per heavy atom. The summed E-state index contributed by atoms with van der Waals surface area (Å²) in [5.74, 6) is 0.330. The van der Waals surface area contributed by atoms with Crippen molar-refractivity contribution >= 4 is 5.78 Å². The number of rotatable bonds is 1. The summed E-state index contributed by atoms with van der Waals surface area (Å²) in [7, 11) is 0. The van der Waals surface area contributed by atoms with Crippen molar-refractivity contribution in [2.75, 3.05) is 0 Å². The molecule has 2 heterocycles. The van der Waals surface area contributed by atoms with Gasteiger partial charge in [-0.1, -0.05) is 0 Å². The highest BCUT2D eigenvalue weighted by atomic mass is 16.1. The van der Waals surface area contributed by atoms with Crippen molar-refractivity contribution in [1.82, 2.24) is 5.32 Å². The van der Waals surface area contributed by atoms with Crippen LogP contribution in [-0.4, -0.2) is 17.4 Å². The monoisotopic (exact) mass is 125 g/mol. The minimum absolute atomic E-state index is 0.0509. The van der Waals surface area contributed by atoms with Crippen molar-refractivity contribution in [3.63, 3.8) is 0 Å². The number of nitrogens with one attached hydrogen (secondary N) is 1. The molecule has 0 aromatic rings. The Labute approximate surface area is 54.6 Å². The minimum Gasteiger partial charge on any atom is -0.302 e. The summed E-state index contributed by atoms with van der Waals surface area (Å²) in [6, 6.07) is 0.675. The van der Waals surface area contributed by atoms with Gasteiger partial charge in [0.25, 0.3) is 0 Å². The van der Waals surface area contributed by atoms with Gasteiger partial charge in [-0.2, -0.15) is 0 Å². The molecule has 0 aromatic heterocycles. The summed E-state index contributed by atoms with van der Waals surface area (Å²) in [5.41, 5.74) is -0.0509. The molecule has 0 spiro atoms. The van der Waals surface area contributed by atoms with E-state index in [1.54, 1.807) is 6.92 Å². The predicted octanol–water partition coefficient (Wildman–Crippen LogP) is 0.470. The van der Waals surface area contributed by atoms with Crippen LogP contribution < -0.4 is 5.32 Å². The maximum Gasteiger partial charge on any atom is 0.149 e. The first-order valence-corrected chi connectivity index (χ1v) is 3.52. The van der Waals surface area contributed by atoms with E-state index in [9.17, 15) is 4.79 Å². The molecule has 2 heteroatoms. The van der Waals surface area contributed by atoms with E-state index in [4.69, 9.17) is 0 Å². The highest BCUT2D eigenvalue weighted by molar-refractivity contribution is 5.88. The van der Waals surface area contributed by atoms with Crippen LogP contribution in [0.2, 0.25) is 0 Å². The van der Waals surface area contributed by atoms with Gasteiger partial charge in [-0.05, 0) is 26.2 Å². The van der Waals surface area contributed by atoms with Crippen LogP contribution in [0.15, 0.2) is 0 Å². The molecule has 0 amide bonds. The molecular weight excluding hydrogens is 114 g/mol. The molecule has 2 bridgehead atoms. The molecule has 2 nitrogen and oxygen atoms in total. The van der Waals surface area contributed by atoms with Crippen molar-refractivity contribution in [1.29, 1.82) is 0 Å². The first kappa shape index (κ1) is 5.42. The zero-order valence-corrected chi connectivity index (χ0v) is 5.61. The van der Waals surface area contributed by atoms with Crippen molar-refractivity contribution in [3.8, 4) is 0 Å². The van der Waals surface area contributed by atoms with E-state index in [1.807, 2.05) is 0 Å².